The van der Waals surface area contributed by atoms with Gasteiger partial charge in [-0.25, -0.2) is 0 Å². The summed E-state index contributed by atoms with van der Waals surface area (Å²) in [5.41, 5.74) is 0.395. The summed E-state index contributed by atoms with van der Waals surface area (Å²) in [6, 6.07) is 0. The molecule has 3 nitrogen and oxygen atoms in total. The number of rotatable bonds is 4. The zero-order chi connectivity index (χ0) is 12.3. The summed E-state index contributed by atoms with van der Waals surface area (Å²) < 4.78 is 1.89. The summed E-state index contributed by atoms with van der Waals surface area (Å²) in [4.78, 5) is 0. The molecule has 0 saturated heterocycles. The zero-order valence-corrected chi connectivity index (χ0v) is 11.0. The van der Waals surface area contributed by atoms with Gasteiger partial charge in [0.2, 0.25) is 0 Å². The van der Waals surface area contributed by atoms with Crippen LogP contribution < -0.4 is 0 Å². The minimum absolute atomic E-state index is 0.613. The van der Waals surface area contributed by atoms with Crippen molar-refractivity contribution in [3.63, 3.8) is 0 Å². The molecular weight excluding hydrogens is 212 g/mol. The molecule has 0 bridgehead atoms. The van der Waals surface area contributed by atoms with Crippen LogP contribution in [0, 0.1) is 5.92 Å². The summed E-state index contributed by atoms with van der Waals surface area (Å²) in [6.07, 6.45) is 10.5. The third kappa shape index (κ3) is 2.71. The van der Waals surface area contributed by atoms with Crippen LogP contribution in [0.15, 0.2) is 12.4 Å². The standard InChI is InChI=1S/C14H24N2O/c1-3-5-12-6-8-14(17,9-7-12)13-10-15-16(4-2)11-13/h10-12,17H,3-9H2,1-2H3. The summed E-state index contributed by atoms with van der Waals surface area (Å²) in [7, 11) is 0. The monoisotopic (exact) mass is 236 g/mol. The molecule has 1 aromatic heterocycles. The van der Waals surface area contributed by atoms with Crippen molar-refractivity contribution in [2.75, 3.05) is 0 Å². The summed E-state index contributed by atoms with van der Waals surface area (Å²) in [6.45, 7) is 5.18. The van der Waals surface area contributed by atoms with Gasteiger partial charge in [-0.1, -0.05) is 19.8 Å². The van der Waals surface area contributed by atoms with Crippen LogP contribution in [0.3, 0.4) is 0 Å². The van der Waals surface area contributed by atoms with Crippen molar-refractivity contribution in [3.8, 4) is 0 Å². The third-order valence-electron chi connectivity index (χ3n) is 4.12. The Morgan fingerprint density at radius 3 is 2.65 bits per heavy atom. The molecule has 2 rings (SSSR count). The molecule has 1 N–H and O–H groups in total. The molecule has 0 radical (unpaired) electrons. The van der Waals surface area contributed by atoms with Gasteiger partial charge in [0, 0.05) is 18.3 Å². The maximum atomic E-state index is 10.7. The van der Waals surface area contributed by atoms with Gasteiger partial charge in [-0.2, -0.15) is 5.10 Å². The fourth-order valence-corrected chi connectivity index (χ4v) is 2.92. The Hall–Kier alpha value is -0.830. The summed E-state index contributed by atoms with van der Waals surface area (Å²) >= 11 is 0. The first-order valence-corrected chi connectivity index (χ1v) is 6.93. The molecule has 1 aliphatic carbocycles. The smallest absolute Gasteiger partial charge is 0.0927 e. The highest BCUT2D eigenvalue weighted by Crippen LogP contribution is 2.40. The molecule has 1 saturated carbocycles. The molecule has 0 aromatic carbocycles. The first kappa shape index (κ1) is 12.6. The summed E-state index contributed by atoms with van der Waals surface area (Å²) in [5.74, 6) is 0.821. The van der Waals surface area contributed by atoms with E-state index in [1.54, 1.807) is 0 Å². The van der Waals surface area contributed by atoms with Crippen LogP contribution >= 0.6 is 0 Å². The lowest BCUT2D eigenvalue weighted by Gasteiger charge is -2.35. The average molecular weight is 236 g/mol. The van der Waals surface area contributed by atoms with Crippen LogP contribution in [-0.2, 0) is 12.1 Å². The van der Waals surface area contributed by atoms with E-state index in [4.69, 9.17) is 0 Å². The molecule has 96 valence electrons. The average Bonchev–Trinajstić information content (AvgIpc) is 2.82. The number of aliphatic hydroxyl groups is 1. The summed E-state index contributed by atoms with van der Waals surface area (Å²) in [5, 5.41) is 15.0. The van der Waals surface area contributed by atoms with Crippen molar-refractivity contribution in [2.45, 2.75) is 64.5 Å². The van der Waals surface area contributed by atoms with Gasteiger partial charge >= 0.3 is 0 Å². The van der Waals surface area contributed by atoms with Gasteiger partial charge in [0.1, 0.15) is 0 Å². The Labute approximate surface area is 104 Å². The van der Waals surface area contributed by atoms with E-state index >= 15 is 0 Å². The normalized spacial score (nSPS) is 29.5. The lowest BCUT2D eigenvalue weighted by atomic mass is 9.75. The molecule has 0 unspecified atom stereocenters. The molecule has 1 aromatic rings. The van der Waals surface area contributed by atoms with Crippen LogP contribution in [0.2, 0.25) is 0 Å². The molecule has 0 aliphatic heterocycles. The highest BCUT2D eigenvalue weighted by atomic mass is 16.3. The van der Waals surface area contributed by atoms with E-state index in [1.807, 2.05) is 17.1 Å². The Morgan fingerprint density at radius 1 is 1.41 bits per heavy atom. The molecule has 1 fully saturated rings. The molecule has 3 heteroatoms. The van der Waals surface area contributed by atoms with Crippen LogP contribution in [0.1, 0.15) is 57.9 Å². The first-order chi connectivity index (χ1) is 8.18. The van der Waals surface area contributed by atoms with Gasteiger partial charge in [0.15, 0.2) is 0 Å². The number of hydrogen-bond donors (Lipinski definition) is 1. The highest BCUT2D eigenvalue weighted by Gasteiger charge is 2.35. The Bertz CT molecular complexity index is 351. The van der Waals surface area contributed by atoms with E-state index in [0.29, 0.717) is 0 Å². The first-order valence-electron chi connectivity index (χ1n) is 6.93. The maximum Gasteiger partial charge on any atom is 0.0927 e. The third-order valence-corrected chi connectivity index (χ3v) is 4.12. The van der Waals surface area contributed by atoms with Gasteiger partial charge < -0.3 is 5.11 Å². The predicted molar refractivity (Wildman–Crippen MR) is 68.7 cm³/mol. The fraction of sp³-hybridized carbons (Fsp3) is 0.786. The quantitative estimate of drug-likeness (QED) is 0.872. The largest absolute Gasteiger partial charge is 0.385 e. The van der Waals surface area contributed by atoms with Gasteiger partial charge in [0.05, 0.1) is 11.8 Å². The van der Waals surface area contributed by atoms with Gasteiger partial charge in [-0.05, 0) is 38.5 Å². The zero-order valence-electron chi connectivity index (χ0n) is 11.0. The highest BCUT2D eigenvalue weighted by molar-refractivity contribution is 5.16. The van der Waals surface area contributed by atoms with Crippen LogP contribution in [0.25, 0.3) is 0 Å². The van der Waals surface area contributed by atoms with Crippen molar-refractivity contribution < 1.29 is 5.11 Å². The number of nitrogens with zero attached hydrogens (tertiary/aromatic N) is 2. The molecule has 0 spiro atoms. The van der Waals surface area contributed by atoms with Crippen molar-refractivity contribution in [1.29, 1.82) is 0 Å². The molecule has 1 aliphatic rings. The second kappa shape index (κ2) is 5.21. The van der Waals surface area contributed by atoms with Gasteiger partial charge in [-0.3, -0.25) is 4.68 Å². The second-order valence-corrected chi connectivity index (χ2v) is 5.35. The number of aryl methyl sites for hydroxylation is 1. The Kier molecular flexibility index (Phi) is 3.87. The predicted octanol–water partition coefficient (Wildman–Crippen LogP) is 3.08. The topological polar surface area (TPSA) is 38.1 Å². The van der Waals surface area contributed by atoms with Crippen molar-refractivity contribution in [1.82, 2.24) is 9.78 Å². The van der Waals surface area contributed by atoms with Crippen molar-refractivity contribution in [3.05, 3.63) is 18.0 Å². The molecular formula is C14H24N2O. The number of aromatic nitrogens is 2. The minimum Gasteiger partial charge on any atom is -0.385 e. The van der Waals surface area contributed by atoms with Gasteiger partial charge in [-0.15, -0.1) is 0 Å². The lowest BCUT2D eigenvalue weighted by Crippen LogP contribution is -2.31. The van der Waals surface area contributed by atoms with E-state index in [2.05, 4.69) is 18.9 Å². The minimum atomic E-state index is -0.613. The van der Waals surface area contributed by atoms with Gasteiger partial charge in [0.25, 0.3) is 0 Å². The Balaban J connectivity index is 2.01. The fourth-order valence-electron chi connectivity index (χ4n) is 2.92. The van der Waals surface area contributed by atoms with E-state index in [0.717, 1.165) is 43.7 Å². The van der Waals surface area contributed by atoms with E-state index < -0.39 is 5.60 Å². The van der Waals surface area contributed by atoms with Crippen molar-refractivity contribution >= 4 is 0 Å². The van der Waals surface area contributed by atoms with E-state index in [-0.39, 0.29) is 0 Å². The van der Waals surface area contributed by atoms with Crippen LogP contribution in [0.5, 0.6) is 0 Å². The lowest BCUT2D eigenvalue weighted by molar-refractivity contribution is -0.0153. The SMILES string of the molecule is CCCC1CCC(O)(c2cnn(CC)c2)CC1. The number of hydrogen-bond acceptors (Lipinski definition) is 2. The van der Waals surface area contributed by atoms with E-state index in [1.165, 1.54) is 12.8 Å². The van der Waals surface area contributed by atoms with Crippen LogP contribution in [-0.4, -0.2) is 14.9 Å². The maximum absolute atomic E-state index is 10.7. The Morgan fingerprint density at radius 2 is 2.12 bits per heavy atom. The molecule has 17 heavy (non-hydrogen) atoms. The van der Waals surface area contributed by atoms with Crippen molar-refractivity contribution in [2.24, 2.45) is 5.92 Å². The van der Waals surface area contributed by atoms with Crippen LogP contribution in [0.4, 0.5) is 0 Å². The molecule has 0 amide bonds. The molecule has 0 atom stereocenters. The molecule has 1 heterocycles. The second-order valence-electron chi connectivity index (χ2n) is 5.35. The van der Waals surface area contributed by atoms with E-state index in [9.17, 15) is 5.11 Å².